The van der Waals surface area contributed by atoms with E-state index in [1.807, 2.05) is 18.2 Å². The molecule has 0 spiro atoms. The Hall–Kier alpha value is -2.41. The first-order chi connectivity index (χ1) is 9.67. The summed E-state index contributed by atoms with van der Waals surface area (Å²) in [5.74, 6) is -0.365. The van der Waals surface area contributed by atoms with Gasteiger partial charge in [0.05, 0.1) is 19.2 Å². The van der Waals surface area contributed by atoms with Crippen LogP contribution in [0, 0.1) is 0 Å². The number of methoxy groups -OCH3 is 1. The van der Waals surface area contributed by atoms with Crippen LogP contribution in [-0.4, -0.2) is 24.1 Å². The normalized spacial score (nSPS) is 9.85. The zero-order valence-corrected chi connectivity index (χ0v) is 11.6. The van der Waals surface area contributed by atoms with Crippen LogP contribution in [0.15, 0.2) is 35.7 Å². The van der Waals surface area contributed by atoms with Crippen molar-refractivity contribution in [3.05, 3.63) is 41.4 Å². The predicted octanol–water partition coefficient (Wildman–Crippen LogP) is 2.50. The summed E-state index contributed by atoms with van der Waals surface area (Å²) in [6.45, 7) is 0. The lowest BCUT2D eigenvalue weighted by molar-refractivity contribution is -0.139. The van der Waals surface area contributed by atoms with Crippen molar-refractivity contribution in [2.24, 2.45) is 0 Å². The summed E-state index contributed by atoms with van der Waals surface area (Å²) in [5, 5.41) is 7.42. The highest BCUT2D eigenvalue weighted by Crippen LogP contribution is 2.16. The quantitative estimate of drug-likeness (QED) is 0.848. The number of urea groups is 1. The molecule has 2 rings (SSSR count). The molecule has 0 unspecified atom stereocenters. The number of thiazole rings is 1. The highest BCUT2D eigenvalue weighted by atomic mass is 32.1. The standard InChI is InChI=1S/C13H13N3O3S/c1-19-11(17)7-10-8-20-13(15-10)16-12(18)14-9-5-3-2-4-6-9/h2-6,8H,7H2,1H3,(H2,14,15,16,18). The van der Waals surface area contributed by atoms with Crippen LogP contribution in [-0.2, 0) is 16.0 Å². The number of para-hydroxylation sites is 1. The zero-order chi connectivity index (χ0) is 14.4. The highest BCUT2D eigenvalue weighted by Gasteiger charge is 2.09. The number of ether oxygens (including phenoxy) is 1. The molecule has 0 saturated heterocycles. The van der Waals surface area contributed by atoms with Crippen molar-refractivity contribution in [2.45, 2.75) is 6.42 Å². The average molecular weight is 291 g/mol. The molecule has 2 aromatic rings. The molecule has 1 aromatic heterocycles. The lowest BCUT2D eigenvalue weighted by Crippen LogP contribution is -2.19. The van der Waals surface area contributed by atoms with Gasteiger partial charge in [-0.05, 0) is 12.1 Å². The van der Waals surface area contributed by atoms with Crippen molar-refractivity contribution in [1.29, 1.82) is 0 Å². The van der Waals surface area contributed by atoms with Crippen molar-refractivity contribution in [3.8, 4) is 0 Å². The molecule has 2 N–H and O–H groups in total. The average Bonchev–Trinajstić information content (AvgIpc) is 2.86. The molecule has 0 fully saturated rings. The smallest absolute Gasteiger partial charge is 0.325 e. The third-order valence-corrected chi connectivity index (χ3v) is 3.16. The second-order valence-corrected chi connectivity index (χ2v) is 4.70. The Labute approximate surface area is 119 Å². The molecule has 104 valence electrons. The lowest BCUT2D eigenvalue weighted by atomic mass is 10.3. The van der Waals surface area contributed by atoms with E-state index >= 15 is 0 Å². The van der Waals surface area contributed by atoms with E-state index in [9.17, 15) is 9.59 Å². The SMILES string of the molecule is COC(=O)Cc1csc(NC(=O)Nc2ccccc2)n1. The highest BCUT2D eigenvalue weighted by molar-refractivity contribution is 7.13. The van der Waals surface area contributed by atoms with E-state index in [1.165, 1.54) is 18.4 Å². The third kappa shape index (κ3) is 4.06. The Morgan fingerprint density at radius 3 is 2.70 bits per heavy atom. The second-order valence-electron chi connectivity index (χ2n) is 3.84. The predicted molar refractivity (Wildman–Crippen MR) is 76.9 cm³/mol. The van der Waals surface area contributed by atoms with E-state index in [0.29, 0.717) is 16.5 Å². The molecule has 0 bridgehead atoms. The van der Waals surface area contributed by atoms with Gasteiger partial charge in [-0.2, -0.15) is 0 Å². The minimum Gasteiger partial charge on any atom is -0.469 e. The van der Waals surface area contributed by atoms with Crippen molar-refractivity contribution in [1.82, 2.24) is 4.98 Å². The van der Waals surface area contributed by atoms with Crippen LogP contribution < -0.4 is 10.6 Å². The molecule has 0 aliphatic rings. The monoisotopic (exact) mass is 291 g/mol. The minimum absolute atomic E-state index is 0.0922. The number of esters is 1. The van der Waals surface area contributed by atoms with E-state index < -0.39 is 0 Å². The fourth-order valence-electron chi connectivity index (χ4n) is 1.45. The minimum atomic E-state index is -0.379. The third-order valence-electron chi connectivity index (χ3n) is 2.36. The number of carbonyl (C=O) groups is 2. The maximum atomic E-state index is 11.7. The van der Waals surface area contributed by atoms with Gasteiger partial charge >= 0.3 is 12.0 Å². The summed E-state index contributed by atoms with van der Waals surface area (Å²) in [5.41, 5.74) is 1.26. The van der Waals surface area contributed by atoms with Crippen LogP contribution in [0.5, 0.6) is 0 Å². The second kappa shape index (κ2) is 6.67. The first-order valence-electron chi connectivity index (χ1n) is 5.81. The summed E-state index contributed by atoms with van der Waals surface area (Å²) in [4.78, 5) is 26.9. The van der Waals surface area contributed by atoms with Gasteiger partial charge in [0.15, 0.2) is 5.13 Å². The van der Waals surface area contributed by atoms with Gasteiger partial charge < -0.3 is 10.1 Å². The molecular formula is C13H13N3O3S. The molecular weight excluding hydrogens is 278 g/mol. The van der Waals surface area contributed by atoms with E-state index in [4.69, 9.17) is 0 Å². The van der Waals surface area contributed by atoms with Crippen LogP contribution in [0.1, 0.15) is 5.69 Å². The number of nitrogens with zero attached hydrogens (tertiary/aromatic N) is 1. The van der Waals surface area contributed by atoms with Gasteiger partial charge in [-0.3, -0.25) is 10.1 Å². The van der Waals surface area contributed by atoms with E-state index in [2.05, 4.69) is 20.4 Å². The fourth-order valence-corrected chi connectivity index (χ4v) is 2.15. The number of hydrogen-bond donors (Lipinski definition) is 2. The summed E-state index contributed by atoms with van der Waals surface area (Å²) < 4.78 is 4.55. The largest absolute Gasteiger partial charge is 0.469 e. The van der Waals surface area contributed by atoms with Crippen molar-refractivity contribution < 1.29 is 14.3 Å². The molecule has 1 aromatic carbocycles. The van der Waals surface area contributed by atoms with Crippen molar-refractivity contribution in [3.63, 3.8) is 0 Å². The topological polar surface area (TPSA) is 80.3 Å². The van der Waals surface area contributed by atoms with E-state index in [0.717, 1.165) is 0 Å². The number of benzene rings is 1. The zero-order valence-electron chi connectivity index (χ0n) is 10.8. The van der Waals surface area contributed by atoms with Gasteiger partial charge in [0.1, 0.15) is 0 Å². The lowest BCUT2D eigenvalue weighted by Gasteiger charge is -2.04. The number of aromatic nitrogens is 1. The Morgan fingerprint density at radius 1 is 1.25 bits per heavy atom. The maximum Gasteiger partial charge on any atom is 0.325 e. The Balaban J connectivity index is 1.90. The van der Waals surface area contributed by atoms with Gasteiger partial charge in [0.2, 0.25) is 0 Å². The molecule has 2 amide bonds. The number of nitrogens with one attached hydrogen (secondary N) is 2. The Morgan fingerprint density at radius 2 is 2.00 bits per heavy atom. The van der Waals surface area contributed by atoms with Gasteiger partial charge in [0, 0.05) is 11.1 Å². The van der Waals surface area contributed by atoms with Crippen molar-refractivity contribution in [2.75, 3.05) is 17.7 Å². The van der Waals surface area contributed by atoms with E-state index in [1.54, 1.807) is 17.5 Å². The molecule has 0 saturated carbocycles. The van der Waals surface area contributed by atoms with Crippen LogP contribution >= 0.6 is 11.3 Å². The summed E-state index contributed by atoms with van der Waals surface area (Å²) >= 11 is 1.25. The first-order valence-corrected chi connectivity index (χ1v) is 6.69. The summed E-state index contributed by atoms with van der Waals surface area (Å²) in [6, 6.07) is 8.70. The number of hydrogen-bond acceptors (Lipinski definition) is 5. The number of rotatable bonds is 4. The fraction of sp³-hybridized carbons (Fsp3) is 0.154. The summed E-state index contributed by atoms with van der Waals surface area (Å²) in [6.07, 6.45) is 0.0922. The van der Waals surface area contributed by atoms with E-state index in [-0.39, 0.29) is 18.4 Å². The number of anilines is 2. The maximum absolute atomic E-state index is 11.7. The molecule has 1 heterocycles. The molecule has 20 heavy (non-hydrogen) atoms. The number of carbonyl (C=O) groups excluding carboxylic acids is 2. The molecule has 0 aliphatic heterocycles. The molecule has 6 nitrogen and oxygen atoms in total. The summed E-state index contributed by atoms with van der Waals surface area (Å²) in [7, 11) is 1.32. The molecule has 7 heteroatoms. The van der Waals surface area contributed by atoms with Gasteiger partial charge in [0.25, 0.3) is 0 Å². The molecule has 0 radical (unpaired) electrons. The van der Waals surface area contributed by atoms with Gasteiger partial charge in [-0.15, -0.1) is 11.3 Å². The Bertz CT molecular complexity index is 598. The van der Waals surface area contributed by atoms with Gasteiger partial charge in [-0.25, -0.2) is 9.78 Å². The molecule has 0 aliphatic carbocycles. The van der Waals surface area contributed by atoms with Gasteiger partial charge in [-0.1, -0.05) is 18.2 Å². The molecule has 0 atom stereocenters. The van der Waals surface area contributed by atoms with Crippen molar-refractivity contribution >= 4 is 34.2 Å². The van der Waals surface area contributed by atoms with Crippen LogP contribution in [0.3, 0.4) is 0 Å². The number of amides is 2. The Kier molecular flexibility index (Phi) is 4.67. The van der Waals surface area contributed by atoms with Crippen LogP contribution in [0.2, 0.25) is 0 Å². The van der Waals surface area contributed by atoms with Crippen LogP contribution in [0.25, 0.3) is 0 Å². The van der Waals surface area contributed by atoms with Crippen LogP contribution in [0.4, 0.5) is 15.6 Å². The first kappa shape index (κ1) is 14.0.